The molecule has 9 atom stereocenters. The summed E-state index contributed by atoms with van der Waals surface area (Å²) in [6.07, 6.45) is 1.40. The van der Waals surface area contributed by atoms with Gasteiger partial charge in [-0.3, -0.25) is 14.4 Å². The largest absolute Gasteiger partial charge is 0.472 e. The van der Waals surface area contributed by atoms with Gasteiger partial charge >= 0.3 is 11.9 Å². The minimum Gasteiger partial charge on any atom is -0.472 e. The minimum atomic E-state index is -1.73. The third kappa shape index (κ3) is 2.96. The van der Waals surface area contributed by atoms with Crippen LogP contribution in [0.3, 0.4) is 0 Å². The molecule has 0 amide bonds. The highest BCUT2D eigenvalue weighted by atomic mass is 16.5. The Bertz CT molecular complexity index is 1120. The fourth-order valence-corrected chi connectivity index (χ4v) is 8.75. The lowest BCUT2D eigenvalue weighted by atomic mass is 9.36. The number of furan rings is 1. The molecule has 3 saturated carbocycles. The van der Waals surface area contributed by atoms with Crippen LogP contribution in [0.15, 0.2) is 23.0 Å². The molecule has 9 nitrogen and oxygen atoms in total. The Kier molecular flexibility index (Phi) is 5.41. The molecule has 3 aliphatic carbocycles. The number of cyclic esters (lactones) is 1. The predicted octanol–water partition coefficient (Wildman–Crippen LogP) is 2.39. The van der Waals surface area contributed by atoms with Gasteiger partial charge < -0.3 is 24.1 Å². The van der Waals surface area contributed by atoms with E-state index in [2.05, 4.69) is 0 Å². The van der Waals surface area contributed by atoms with Gasteiger partial charge in [0.1, 0.15) is 17.7 Å². The summed E-state index contributed by atoms with van der Waals surface area (Å²) < 4.78 is 15.8. The molecule has 1 aliphatic heterocycles. The normalized spacial score (nSPS) is 44.2. The van der Waals surface area contributed by atoms with Crippen molar-refractivity contribution in [3.63, 3.8) is 0 Å². The van der Waals surface area contributed by atoms with E-state index in [1.807, 2.05) is 6.92 Å². The molecule has 4 aliphatic rings. The first-order valence-electron chi connectivity index (χ1n) is 12.5. The van der Waals surface area contributed by atoms with Gasteiger partial charge in [-0.2, -0.15) is 0 Å². The Morgan fingerprint density at radius 2 is 1.83 bits per heavy atom. The zero-order chi connectivity index (χ0) is 26.4. The lowest BCUT2D eigenvalue weighted by Crippen LogP contribution is -2.75. The van der Waals surface area contributed by atoms with Crippen LogP contribution in [0.4, 0.5) is 0 Å². The summed E-state index contributed by atoms with van der Waals surface area (Å²) in [7, 11) is 1.14. The van der Waals surface area contributed by atoms with Crippen molar-refractivity contribution in [1.82, 2.24) is 0 Å². The topological polar surface area (TPSA) is 140 Å². The predicted molar refractivity (Wildman–Crippen MR) is 123 cm³/mol. The van der Waals surface area contributed by atoms with Crippen LogP contribution >= 0.6 is 0 Å². The highest BCUT2D eigenvalue weighted by Gasteiger charge is 2.76. The second-order valence-corrected chi connectivity index (χ2v) is 12.2. The van der Waals surface area contributed by atoms with Gasteiger partial charge in [0, 0.05) is 39.6 Å². The number of methoxy groups -OCH3 is 1. The van der Waals surface area contributed by atoms with Crippen molar-refractivity contribution >= 4 is 23.5 Å². The summed E-state index contributed by atoms with van der Waals surface area (Å²) in [5.74, 6) is -5.66. The first kappa shape index (κ1) is 25.1. The summed E-state index contributed by atoms with van der Waals surface area (Å²) in [5.41, 5.74) is -4.16. The number of Topliss-reactive ketones (excluding diaryl/α,β-unsaturated/α-hetero) is 2. The zero-order valence-corrected chi connectivity index (χ0v) is 21.3. The van der Waals surface area contributed by atoms with Gasteiger partial charge in [0.05, 0.1) is 37.6 Å². The first-order valence-corrected chi connectivity index (χ1v) is 12.5. The summed E-state index contributed by atoms with van der Waals surface area (Å²) in [6.45, 7) is 6.93. The Morgan fingerprint density at radius 3 is 2.44 bits per heavy atom. The van der Waals surface area contributed by atoms with E-state index < -0.39 is 75.4 Å². The van der Waals surface area contributed by atoms with E-state index in [4.69, 9.17) is 13.9 Å². The smallest absolute Gasteiger partial charge is 0.335 e. The number of ketones is 2. The lowest BCUT2D eigenvalue weighted by molar-refractivity contribution is -0.266. The number of carbonyl (C=O) groups is 4. The molecule has 9 heteroatoms. The van der Waals surface area contributed by atoms with Gasteiger partial charge in [0.2, 0.25) is 0 Å². The summed E-state index contributed by atoms with van der Waals surface area (Å²) in [5, 5.41) is 23.6. The monoisotopic (exact) mass is 502 g/mol. The van der Waals surface area contributed by atoms with Crippen molar-refractivity contribution < 1.29 is 43.3 Å². The number of rotatable bonds is 3. The van der Waals surface area contributed by atoms with Gasteiger partial charge in [-0.25, -0.2) is 4.79 Å². The second-order valence-electron chi connectivity index (χ2n) is 12.2. The quantitative estimate of drug-likeness (QED) is 0.471. The van der Waals surface area contributed by atoms with Crippen molar-refractivity contribution in [2.75, 3.05) is 7.11 Å². The third-order valence-corrected chi connectivity index (χ3v) is 10.3. The Hall–Kier alpha value is -2.52. The maximum atomic E-state index is 13.9. The molecule has 1 aromatic rings. The molecule has 2 bridgehead atoms. The number of hydrogen-bond acceptors (Lipinski definition) is 9. The van der Waals surface area contributed by atoms with E-state index in [1.54, 1.807) is 26.8 Å². The Balaban J connectivity index is 1.66. The molecule has 4 fully saturated rings. The van der Waals surface area contributed by atoms with Crippen molar-refractivity contribution in [3.8, 4) is 0 Å². The fraction of sp³-hybridized carbons (Fsp3) is 0.704. The maximum absolute atomic E-state index is 13.9. The van der Waals surface area contributed by atoms with Crippen molar-refractivity contribution in [2.24, 2.45) is 39.9 Å². The second kappa shape index (κ2) is 7.74. The van der Waals surface area contributed by atoms with Crippen LogP contribution in [0.1, 0.15) is 65.0 Å². The van der Waals surface area contributed by atoms with Gasteiger partial charge in [0.15, 0.2) is 6.10 Å². The van der Waals surface area contributed by atoms with E-state index >= 15 is 0 Å². The number of aliphatic hydroxyl groups is 2. The molecule has 0 spiro atoms. The van der Waals surface area contributed by atoms with Gasteiger partial charge in [-0.05, 0) is 25.3 Å². The number of aliphatic hydroxyl groups excluding tert-OH is 1. The lowest BCUT2D eigenvalue weighted by Gasteiger charge is -2.68. The van der Waals surface area contributed by atoms with E-state index in [0.717, 1.165) is 7.11 Å². The van der Waals surface area contributed by atoms with E-state index in [1.165, 1.54) is 12.5 Å². The number of ether oxygens (including phenoxy) is 2. The van der Waals surface area contributed by atoms with Crippen LogP contribution in [0, 0.1) is 39.9 Å². The van der Waals surface area contributed by atoms with E-state index in [0.29, 0.717) is 18.4 Å². The van der Waals surface area contributed by atoms with Crippen LogP contribution in [0.2, 0.25) is 0 Å². The van der Waals surface area contributed by atoms with Crippen LogP contribution in [0.25, 0.3) is 0 Å². The van der Waals surface area contributed by atoms with Crippen molar-refractivity contribution in [1.29, 1.82) is 0 Å². The molecule has 0 unspecified atom stereocenters. The molecule has 1 saturated heterocycles. The van der Waals surface area contributed by atoms with Crippen molar-refractivity contribution in [3.05, 3.63) is 24.2 Å². The highest BCUT2D eigenvalue weighted by molar-refractivity contribution is 6.11. The van der Waals surface area contributed by atoms with Gasteiger partial charge in [0.25, 0.3) is 0 Å². The molecule has 2 heterocycles. The van der Waals surface area contributed by atoms with Crippen molar-refractivity contribution in [2.45, 2.75) is 71.2 Å². The SMILES string of the molecule is COC(=O)[C@@H](O)[C@H]1C(C)(C)C(=O)[C@H]2C[C@]3(O)[C@@H]4CC(=O)O[C@@H](c5ccoc5)[C@]4(C)CC[C@@H]3[C@@]1(C)C2=O. The highest BCUT2D eigenvalue weighted by Crippen LogP contribution is 2.70. The number of esters is 2. The summed E-state index contributed by atoms with van der Waals surface area (Å²) >= 11 is 0. The molecule has 1 aromatic heterocycles. The molecule has 36 heavy (non-hydrogen) atoms. The molecule has 5 rings (SSSR count). The average Bonchev–Trinajstić information content (AvgIpc) is 3.35. The molecule has 0 radical (unpaired) electrons. The number of fused-ring (bicyclic) bond motifs is 6. The average molecular weight is 503 g/mol. The van der Waals surface area contributed by atoms with Crippen LogP contribution < -0.4 is 0 Å². The third-order valence-electron chi connectivity index (χ3n) is 10.3. The summed E-state index contributed by atoms with van der Waals surface area (Å²) in [4.78, 5) is 53.0. The Morgan fingerprint density at radius 1 is 1.14 bits per heavy atom. The van der Waals surface area contributed by atoms with Crippen LogP contribution in [0.5, 0.6) is 0 Å². The van der Waals surface area contributed by atoms with E-state index in [9.17, 15) is 29.4 Å². The van der Waals surface area contributed by atoms with Crippen LogP contribution in [-0.4, -0.2) is 52.5 Å². The maximum Gasteiger partial charge on any atom is 0.335 e. The number of hydrogen-bond donors (Lipinski definition) is 2. The zero-order valence-electron chi connectivity index (χ0n) is 21.3. The molecular formula is C27H34O9. The Labute approximate surface area is 209 Å². The van der Waals surface area contributed by atoms with Crippen LogP contribution in [-0.2, 0) is 28.7 Å². The first-order chi connectivity index (χ1) is 16.7. The standard InChI is InChI=1S/C27H34O9/c1-24(2)19(18(29)23(32)34-5)26(4)15-6-8-25(3)16(27(15,33)11-14(20(24)30)21(26)31)10-17(28)36-22(25)13-7-9-35-12-13/h7,9,12,14-16,18-19,22,29,33H,6,8,10-11H2,1-5H3/t14-,15-,16-,18+,19+,22+,25-,26-,27-/m1/s1. The molecule has 0 aromatic carbocycles. The van der Waals surface area contributed by atoms with Gasteiger partial charge in [-0.15, -0.1) is 0 Å². The summed E-state index contributed by atoms with van der Waals surface area (Å²) in [6, 6.07) is 1.73. The fourth-order valence-electron chi connectivity index (χ4n) is 8.75. The molecule has 196 valence electrons. The molecular weight excluding hydrogens is 468 g/mol. The number of carbonyl (C=O) groups excluding carboxylic acids is 4. The minimum absolute atomic E-state index is 0.0589. The molecule has 2 N–H and O–H groups in total. The van der Waals surface area contributed by atoms with E-state index in [-0.39, 0.29) is 18.6 Å². The van der Waals surface area contributed by atoms with Gasteiger partial charge in [-0.1, -0.05) is 27.7 Å².